The largest absolute Gasteiger partial charge is 0.497 e. The van der Waals surface area contributed by atoms with Crippen molar-refractivity contribution in [3.63, 3.8) is 0 Å². The molecule has 2 N–H and O–H groups in total. The van der Waals surface area contributed by atoms with Gasteiger partial charge in [0, 0.05) is 56.6 Å². The third-order valence-electron chi connectivity index (χ3n) is 5.08. The summed E-state index contributed by atoms with van der Waals surface area (Å²) in [7, 11) is 5.23. The Morgan fingerprint density at radius 2 is 1.71 bits per heavy atom. The van der Waals surface area contributed by atoms with Gasteiger partial charge in [-0.1, -0.05) is 26.2 Å². The third-order valence-corrected chi connectivity index (χ3v) is 5.08. The lowest BCUT2D eigenvalue weighted by Crippen LogP contribution is -2.48. The number of hydrogen-bond acceptors (Lipinski definition) is 4. The number of aliphatic imine (C=N–C) groups is 1. The molecule has 0 aromatic heterocycles. The van der Waals surface area contributed by atoms with E-state index in [1.165, 1.54) is 25.7 Å². The first-order valence-electron chi connectivity index (χ1n) is 10.1. The monoisotopic (exact) mass is 504 g/mol. The molecular formula is C21H37IN4O2. The van der Waals surface area contributed by atoms with Crippen molar-refractivity contribution in [2.75, 3.05) is 45.8 Å². The van der Waals surface area contributed by atoms with E-state index in [2.05, 4.69) is 39.6 Å². The van der Waals surface area contributed by atoms with Crippen LogP contribution in [0.5, 0.6) is 11.5 Å². The third kappa shape index (κ3) is 7.93. The van der Waals surface area contributed by atoms with Gasteiger partial charge in [-0.05, 0) is 19.3 Å². The summed E-state index contributed by atoms with van der Waals surface area (Å²) < 4.78 is 10.8. The Morgan fingerprint density at radius 1 is 1.07 bits per heavy atom. The summed E-state index contributed by atoms with van der Waals surface area (Å²) in [4.78, 5) is 6.76. The first-order chi connectivity index (χ1) is 13.2. The SMILES string of the molecule is CCCCCCNC(=NC)NC1CCN(c2cc(OC)cc(OC)c2)CC1.I. The molecule has 0 aliphatic carbocycles. The Morgan fingerprint density at radius 3 is 2.25 bits per heavy atom. The molecule has 1 aromatic carbocycles. The maximum atomic E-state index is 5.40. The summed E-state index contributed by atoms with van der Waals surface area (Å²) in [5, 5.41) is 7.02. The van der Waals surface area contributed by atoms with Gasteiger partial charge in [-0.15, -0.1) is 24.0 Å². The van der Waals surface area contributed by atoms with Crippen LogP contribution in [0.25, 0.3) is 0 Å². The molecule has 1 aliphatic heterocycles. The molecular weight excluding hydrogens is 467 g/mol. The minimum Gasteiger partial charge on any atom is -0.497 e. The summed E-state index contributed by atoms with van der Waals surface area (Å²) in [6, 6.07) is 6.52. The fourth-order valence-corrected chi connectivity index (χ4v) is 3.40. The number of rotatable bonds is 9. The molecule has 6 nitrogen and oxygen atoms in total. The maximum absolute atomic E-state index is 5.40. The van der Waals surface area contributed by atoms with E-state index >= 15 is 0 Å². The number of hydrogen-bond donors (Lipinski definition) is 2. The highest BCUT2D eigenvalue weighted by molar-refractivity contribution is 14.0. The van der Waals surface area contributed by atoms with Crippen molar-refractivity contribution in [1.29, 1.82) is 0 Å². The highest BCUT2D eigenvalue weighted by atomic mass is 127. The maximum Gasteiger partial charge on any atom is 0.191 e. The van der Waals surface area contributed by atoms with E-state index in [1.54, 1.807) is 14.2 Å². The molecule has 0 bridgehead atoms. The molecule has 1 aliphatic rings. The smallest absolute Gasteiger partial charge is 0.191 e. The Hall–Kier alpha value is -1.38. The summed E-state index contributed by atoms with van der Waals surface area (Å²) in [5.74, 6) is 2.59. The topological polar surface area (TPSA) is 58.1 Å². The lowest BCUT2D eigenvalue weighted by atomic mass is 10.0. The Bertz CT molecular complexity index is 568. The number of unbranched alkanes of at least 4 members (excludes halogenated alkanes) is 3. The van der Waals surface area contributed by atoms with Gasteiger partial charge in [0.05, 0.1) is 14.2 Å². The predicted molar refractivity (Wildman–Crippen MR) is 129 cm³/mol. The number of nitrogens with one attached hydrogen (secondary N) is 2. The lowest BCUT2D eigenvalue weighted by molar-refractivity contribution is 0.393. The average Bonchev–Trinajstić information content (AvgIpc) is 2.72. The number of anilines is 1. The second kappa shape index (κ2) is 13.7. The minimum atomic E-state index is 0. The van der Waals surface area contributed by atoms with Crippen molar-refractivity contribution < 1.29 is 9.47 Å². The molecule has 0 atom stereocenters. The quantitative estimate of drug-likeness (QED) is 0.230. The van der Waals surface area contributed by atoms with Crippen molar-refractivity contribution in [3.8, 4) is 11.5 Å². The van der Waals surface area contributed by atoms with Crippen LogP contribution in [0.3, 0.4) is 0 Å². The van der Waals surface area contributed by atoms with Crippen molar-refractivity contribution in [2.24, 2.45) is 4.99 Å². The highest BCUT2D eigenvalue weighted by Crippen LogP contribution is 2.30. The molecule has 0 spiro atoms. The van der Waals surface area contributed by atoms with Gasteiger partial charge in [-0.3, -0.25) is 4.99 Å². The number of piperidine rings is 1. The van der Waals surface area contributed by atoms with Gasteiger partial charge in [-0.2, -0.15) is 0 Å². The summed E-state index contributed by atoms with van der Waals surface area (Å²) in [6.07, 6.45) is 7.21. The number of halogens is 1. The zero-order chi connectivity index (χ0) is 19.5. The van der Waals surface area contributed by atoms with E-state index < -0.39 is 0 Å². The normalized spacial score (nSPS) is 15.0. The van der Waals surface area contributed by atoms with E-state index in [0.29, 0.717) is 6.04 Å². The Balaban J connectivity index is 0.00000392. The average molecular weight is 504 g/mol. The Kier molecular flexibility index (Phi) is 12.1. The van der Waals surface area contributed by atoms with Crippen LogP contribution in [0.1, 0.15) is 45.4 Å². The van der Waals surface area contributed by atoms with E-state index in [9.17, 15) is 0 Å². The van der Waals surface area contributed by atoms with Crippen molar-refractivity contribution in [2.45, 2.75) is 51.5 Å². The van der Waals surface area contributed by atoms with Gasteiger partial charge in [0.25, 0.3) is 0 Å². The van der Waals surface area contributed by atoms with E-state index in [1.807, 2.05) is 13.1 Å². The van der Waals surface area contributed by atoms with E-state index in [0.717, 1.165) is 55.6 Å². The number of nitrogens with zero attached hydrogens (tertiary/aromatic N) is 2. The van der Waals surface area contributed by atoms with E-state index in [-0.39, 0.29) is 24.0 Å². The summed E-state index contributed by atoms with van der Waals surface area (Å²) in [6.45, 7) is 5.23. The van der Waals surface area contributed by atoms with Gasteiger partial charge in [0.15, 0.2) is 5.96 Å². The Labute approximate surface area is 187 Å². The summed E-state index contributed by atoms with van der Waals surface area (Å²) in [5.41, 5.74) is 1.16. The van der Waals surface area contributed by atoms with Gasteiger partial charge in [-0.25, -0.2) is 0 Å². The molecule has 0 radical (unpaired) electrons. The number of guanidine groups is 1. The molecule has 1 saturated heterocycles. The van der Waals surface area contributed by atoms with Gasteiger partial charge < -0.3 is 25.0 Å². The second-order valence-electron chi connectivity index (χ2n) is 7.04. The lowest BCUT2D eigenvalue weighted by Gasteiger charge is -2.34. The second-order valence-corrected chi connectivity index (χ2v) is 7.04. The summed E-state index contributed by atoms with van der Waals surface area (Å²) >= 11 is 0. The molecule has 0 amide bonds. The van der Waals surface area contributed by atoms with Crippen LogP contribution in [0.15, 0.2) is 23.2 Å². The van der Waals surface area contributed by atoms with Crippen molar-refractivity contribution >= 4 is 35.6 Å². The van der Waals surface area contributed by atoms with Crippen LogP contribution >= 0.6 is 24.0 Å². The number of benzene rings is 1. The van der Waals surface area contributed by atoms with Crippen LogP contribution in [0, 0.1) is 0 Å². The van der Waals surface area contributed by atoms with Gasteiger partial charge in [0.1, 0.15) is 11.5 Å². The molecule has 1 aromatic rings. The molecule has 28 heavy (non-hydrogen) atoms. The standard InChI is InChI=1S/C21H36N4O2.HI/c1-5-6-7-8-11-23-21(22-2)24-17-9-12-25(13-10-17)18-14-19(26-3)16-20(15-18)27-4;/h14-17H,5-13H2,1-4H3,(H2,22,23,24);1H. The molecule has 1 fully saturated rings. The first-order valence-corrected chi connectivity index (χ1v) is 10.1. The van der Waals surface area contributed by atoms with Gasteiger partial charge in [0.2, 0.25) is 0 Å². The first kappa shape index (κ1) is 24.7. The predicted octanol–water partition coefficient (Wildman–Crippen LogP) is 4.04. The molecule has 7 heteroatoms. The number of methoxy groups -OCH3 is 2. The minimum absolute atomic E-state index is 0. The van der Waals surface area contributed by atoms with Crippen LogP contribution < -0.4 is 25.0 Å². The molecule has 1 heterocycles. The molecule has 160 valence electrons. The fraction of sp³-hybridized carbons (Fsp3) is 0.667. The fourth-order valence-electron chi connectivity index (χ4n) is 3.40. The molecule has 0 unspecified atom stereocenters. The van der Waals surface area contributed by atoms with Crippen LogP contribution in [-0.4, -0.2) is 52.9 Å². The van der Waals surface area contributed by atoms with Crippen molar-refractivity contribution in [3.05, 3.63) is 18.2 Å². The zero-order valence-electron chi connectivity index (χ0n) is 17.8. The zero-order valence-corrected chi connectivity index (χ0v) is 20.1. The number of ether oxygens (including phenoxy) is 2. The van der Waals surface area contributed by atoms with Gasteiger partial charge >= 0.3 is 0 Å². The van der Waals surface area contributed by atoms with E-state index in [4.69, 9.17) is 9.47 Å². The van der Waals surface area contributed by atoms with Crippen LogP contribution in [0.2, 0.25) is 0 Å². The van der Waals surface area contributed by atoms with Crippen molar-refractivity contribution in [1.82, 2.24) is 10.6 Å². The highest BCUT2D eigenvalue weighted by Gasteiger charge is 2.21. The van der Waals surface area contributed by atoms with Crippen LogP contribution in [0.4, 0.5) is 5.69 Å². The molecule has 2 rings (SSSR count). The molecule has 0 saturated carbocycles. The van der Waals surface area contributed by atoms with Crippen LogP contribution in [-0.2, 0) is 0 Å².